The van der Waals surface area contributed by atoms with Gasteiger partial charge in [0.15, 0.2) is 5.69 Å². The minimum Gasteiger partial charge on any atom is -0.366 e. The van der Waals surface area contributed by atoms with Gasteiger partial charge in [0.05, 0.1) is 11.3 Å². The smallest absolute Gasteiger partial charge is 0.276 e. The Morgan fingerprint density at radius 2 is 1.82 bits per heavy atom. The fraction of sp³-hybridized carbons (Fsp3) is 0.150. The molecule has 0 saturated heterocycles. The molecule has 6 nitrogen and oxygen atoms in total. The summed E-state index contributed by atoms with van der Waals surface area (Å²) in [7, 11) is 0. The summed E-state index contributed by atoms with van der Waals surface area (Å²) in [6, 6.07) is 9.47. The Kier molecular flexibility index (Phi) is 4.38. The van der Waals surface area contributed by atoms with E-state index in [2.05, 4.69) is 10.4 Å². The molecule has 2 amide bonds. The third kappa shape index (κ3) is 3.13. The molecule has 4 rings (SSSR count). The Balaban J connectivity index is 1.67. The van der Waals surface area contributed by atoms with E-state index in [1.165, 1.54) is 24.3 Å². The molecule has 2 aromatic carbocycles. The minimum absolute atomic E-state index is 0.239. The van der Waals surface area contributed by atoms with Crippen LogP contribution in [-0.2, 0) is 12.8 Å². The monoisotopic (exact) mass is 382 g/mol. The van der Waals surface area contributed by atoms with E-state index in [4.69, 9.17) is 5.73 Å². The van der Waals surface area contributed by atoms with Crippen molar-refractivity contribution in [2.45, 2.75) is 19.3 Å². The highest BCUT2D eigenvalue weighted by molar-refractivity contribution is 6.05. The van der Waals surface area contributed by atoms with Crippen molar-refractivity contribution in [1.29, 1.82) is 0 Å². The number of benzene rings is 2. The molecule has 0 radical (unpaired) electrons. The number of hydrogen-bond acceptors (Lipinski definition) is 3. The lowest BCUT2D eigenvalue weighted by atomic mass is 10.1. The number of primary amides is 1. The van der Waals surface area contributed by atoms with Crippen LogP contribution < -0.4 is 11.1 Å². The molecule has 0 bridgehead atoms. The lowest BCUT2D eigenvalue weighted by Crippen LogP contribution is -2.17. The summed E-state index contributed by atoms with van der Waals surface area (Å²) in [5.41, 5.74) is 7.74. The van der Waals surface area contributed by atoms with Crippen LogP contribution in [-0.4, -0.2) is 21.6 Å². The van der Waals surface area contributed by atoms with E-state index in [9.17, 15) is 18.4 Å². The highest BCUT2D eigenvalue weighted by Crippen LogP contribution is 2.28. The van der Waals surface area contributed by atoms with Gasteiger partial charge in [-0.15, -0.1) is 0 Å². The van der Waals surface area contributed by atoms with Gasteiger partial charge in [0, 0.05) is 16.9 Å². The first kappa shape index (κ1) is 17.8. The number of carbonyl (C=O) groups excluding carboxylic acids is 2. The van der Waals surface area contributed by atoms with Crippen LogP contribution in [0.1, 0.15) is 38.5 Å². The van der Waals surface area contributed by atoms with Crippen molar-refractivity contribution < 1.29 is 18.4 Å². The average molecular weight is 382 g/mol. The van der Waals surface area contributed by atoms with Gasteiger partial charge in [-0.1, -0.05) is 0 Å². The molecule has 0 fully saturated rings. The highest BCUT2D eigenvalue weighted by Gasteiger charge is 2.27. The Hall–Kier alpha value is -3.55. The Morgan fingerprint density at radius 3 is 2.54 bits per heavy atom. The zero-order valence-electron chi connectivity index (χ0n) is 14.7. The molecule has 142 valence electrons. The first-order valence-corrected chi connectivity index (χ1v) is 8.71. The molecule has 0 aliphatic heterocycles. The first-order chi connectivity index (χ1) is 13.4. The first-order valence-electron chi connectivity index (χ1n) is 8.71. The second-order valence-electron chi connectivity index (χ2n) is 6.53. The summed E-state index contributed by atoms with van der Waals surface area (Å²) in [4.78, 5) is 24.1. The standard InChI is InChI=1S/C20H16F2N4O2/c21-11-4-7-13(8-5-11)26-17-3-1-2-14(17)18(25-26)20(28)24-12-6-9-16(22)15(10-12)19(23)27/h4-10H,1-3H2,(H2,23,27)(H,24,28). The van der Waals surface area contributed by atoms with E-state index in [1.807, 2.05) is 0 Å². The predicted octanol–water partition coefficient (Wildman–Crippen LogP) is 2.99. The quantitative estimate of drug-likeness (QED) is 0.727. The molecular weight excluding hydrogens is 366 g/mol. The number of halogens is 2. The fourth-order valence-electron chi connectivity index (χ4n) is 3.40. The minimum atomic E-state index is -0.921. The maximum Gasteiger partial charge on any atom is 0.276 e. The largest absolute Gasteiger partial charge is 0.366 e. The van der Waals surface area contributed by atoms with Crippen LogP contribution >= 0.6 is 0 Å². The maximum absolute atomic E-state index is 13.6. The van der Waals surface area contributed by atoms with Crippen LogP contribution in [0.2, 0.25) is 0 Å². The summed E-state index contributed by atoms with van der Waals surface area (Å²) in [5, 5.41) is 7.05. The van der Waals surface area contributed by atoms with Crippen molar-refractivity contribution in [2.24, 2.45) is 5.73 Å². The number of nitrogens with zero attached hydrogens (tertiary/aromatic N) is 2. The lowest BCUT2D eigenvalue weighted by Gasteiger charge is -2.07. The molecule has 0 atom stereocenters. The number of fused-ring (bicyclic) bond motifs is 1. The van der Waals surface area contributed by atoms with Gasteiger partial charge >= 0.3 is 0 Å². The van der Waals surface area contributed by atoms with Gasteiger partial charge in [-0.05, 0) is 61.7 Å². The molecule has 0 spiro atoms. The van der Waals surface area contributed by atoms with Crippen molar-refractivity contribution >= 4 is 17.5 Å². The van der Waals surface area contributed by atoms with Gasteiger partial charge in [0.2, 0.25) is 0 Å². The number of hydrogen-bond donors (Lipinski definition) is 2. The van der Waals surface area contributed by atoms with Crippen LogP contribution in [0, 0.1) is 11.6 Å². The van der Waals surface area contributed by atoms with E-state index >= 15 is 0 Å². The van der Waals surface area contributed by atoms with Crippen LogP contribution in [0.15, 0.2) is 42.5 Å². The molecule has 28 heavy (non-hydrogen) atoms. The van der Waals surface area contributed by atoms with Crippen LogP contribution in [0.4, 0.5) is 14.5 Å². The molecule has 1 heterocycles. The summed E-state index contributed by atoms with van der Waals surface area (Å²) in [6.45, 7) is 0. The average Bonchev–Trinajstić information content (AvgIpc) is 3.26. The predicted molar refractivity (Wildman–Crippen MR) is 98.4 cm³/mol. The number of aromatic nitrogens is 2. The third-order valence-corrected chi connectivity index (χ3v) is 4.71. The normalized spacial score (nSPS) is 12.6. The Morgan fingerprint density at radius 1 is 1.07 bits per heavy atom. The summed E-state index contributed by atoms with van der Waals surface area (Å²) in [5.74, 6) is -2.50. The second kappa shape index (κ2) is 6.88. The topological polar surface area (TPSA) is 90.0 Å². The van der Waals surface area contributed by atoms with E-state index in [1.54, 1.807) is 16.8 Å². The summed E-state index contributed by atoms with van der Waals surface area (Å²) < 4.78 is 28.5. The number of nitrogens with one attached hydrogen (secondary N) is 1. The number of nitrogens with two attached hydrogens (primary N) is 1. The van der Waals surface area contributed by atoms with Crippen LogP contribution in [0.25, 0.3) is 5.69 Å². The van der Waals surface area contributed by atoms with Gasteiger partial charge in [0.25, 0.3) is 11.8 Å². The fourth-order valence-corrected chi connectivity index (χ4v) is 3.40. The maximum atomic E-state index is 13.6. The van der Waals surface area contributed by atoms with E-state index in [0.717, 1.165) is 30.2 Å². The number of amides is 2. The zero-order chi connectivity index (χ0) is 19.8. The molecular formula is C20H16F2N4O2. The van der Waals surface area contributed by atoms with Gasteiger partial charge in [-0.25, -0.2) is 13.5 Å². The van der Waals surface area contributed by atoms with E-state index in [-0.39, 0.29) is 22.8 Å². The Labute approximate surface area is 159 Å². The molecule has 0 saturated carbocycles. The molecule has 1 aromatic heterocycles. The van der Waals surface area contributed by atoms with E-state index < -0.39 is 17.6 Å². The second-order valence-corrected chi connectivity index (χ2v) is 6.53. The SMILES string of the molecule is NC(=O)c1cc(NC(=O)c2nn(-c3ccc(F)cc3)c3c2CCC3)ccc1F. The van der Waals surface area contributed by atoms with Gasteiger partial charge < -0.3 is 11.1 Å². The van der Waals surface area contributed by atoms with Gasteiger partial charge in [0.1, 0.15) is 11.6 Å². The Bertz CT molecular complexity index is 1090. The van der Waals surface area contributed by atoms with Crippen LogP contribution in [0.5, 0.6) is 0 Å². The molecule has 1 aliphatic rings. The zero-order valence-corrected chi connectivity index (χ0v) is 14.7. The van der Waals surface area contributed by atoms with Crippen molar-refractivity contribution in [2.75, 3.05) is 5.32 Å². The number of rotatable bonds is 4. The van der Waals surface area contributed by atoms with Gasteiger partial charge in [-0.2, -0.15) is 5.10 Å². The number of carbonyl (C=O) groups is 2. The van der Waals surface area contributed by atoms with Crippen molar-refractivity contribution in [3.8, 4) is 5.69 Å². The molecule has 8 heteroatoms. The summed E-state index contributed by atoms with van der Waals surface area (Å²) >= 11 is 0. The third-order valence-electron chi connectivity index (χ3n) is 4.71. The summed E-state index contributed by atoms with van der Waals surface area (Å²) in [6.07, 6.45) is 2.35. The number of anilines is 1. The molecule has 1 aliphatic carbocycles. The van der Waals surface area contributed by atoms with E-state index in [0.29, 0.717) is 12.1 Å². The molecule has 3 aromatic rings. The van der Waals surface area contributed by atoms with Crippen molar-refractivity contribution in [1.82, 2.24) is 9.78 Å². The molecule has 0 unspecified atom stereocenters. The van der Waals surface area contributed by atoms with Crippen LogP contribution in [0.3, 0.4) is 0 Å². The van der Waals surface area contributed by atoms with Crippen molar-refractivity contribution in [3.63, 3.8) is 0 Å². The van der Waals surface area contributed by atoms with Gasteiger partial charge in [-0.3, -0.25) is 9.59 Å². The van der Waals surface area contributed by atoms with Crippen molar-refractivity contribution in [3.05, 3.63) is 76.6 Å². The molecule has 3 N–H and O–H groups in total. The lowest BCUT2D eigenvalue weighted by molar-refractivity contribution is 0.0992. The highest BCUT2D eigenvalue weighted by atomic mass is 19.1.